The smallest absolute Gasteiger partial charge is 0.341 e. The lowest BCUT2D eigenvalue weighted by Gasteiger charge is -2.27. The molecule has 0 spiro atoms. The van der Waals surface area contributed by atoms with E-state index in [4.69, 9.17) is 0 Å². The second-order valence-corrected chi connectivity index (χ2v) is 9.02. The van der Waals surface area contributed by atoms with E-state index in [0.29, 0.717) is 11.6 Å². The number of hydrazine groups is 1. The van der Waals surface area contributed by atoms with Gasteiger partial charge < -0.3 is 10.2 Å². The number of para-hydroxylation sites is 1. The van der Waals surface area contributed by atoms with Gasteiger partial charge in [-0.05, 0) is 44.7 Å². The number of piperidine rings is 1. The van der Waals surface area contributed by atoms with Gasteiger partial charge in [-0.3, -0.25) is 19.6 Å². The van der Waals surface area contributed by atoms with Gasteiger partial charge in [-0.2, -0.15) is 5.01 Å². The summed E-state index contributed by atoms with van der Waals surface area (Å²) in [6.07, 6.45) is 3.85. The Hall–Kier alpha value is -3.08. The number of benzene rings is 1. The van der Waals surface area contributed by atoms with Crippen LogP contribution in [0, 0.1) is 0 Å². The Bertz CT molecular complexity index is 1010. The van der Waals surface area contributed by atoms with Crippen molar-refractivity contribution in [2.75, 3.05) is 23.7 Å². The molecule has 0 bridgehead atoms. The minimum Gasteiger partial charge on any atom is -0.341 e. The van der Waals surface area contributed by atoms with Crippen LogP contribution in [-0.4, -0.2) is 62.0 Å². The Labute approximate surface area is 190 Å². The van der Waals surface area contributed by atoms with Gasteiger partial charge in [0.15, 0.2) is 5.16 Å². The predicted molar refractivity (Wildman–Crippen MR) is 120 cm³/mol. The monoisotopic (exact) mass is 457 g/mol. The Balaban J connectivity index is 1.48. The van der Waals surface area contributed by atoms with Gasteiger partial charge in [0, 0.05) is 13.1 Å². The molecule has 4 rings (SSSR count). The van der Waals surface area contributed by atoms with Crippen molar-refractivity contribution >= 4 is 35.6 Å². The van der Waals surface area contributed by atoms with E-state index < -0.39 is 23.4 Å². The normalized spacial score (nSPS) is 21.1. The highest BCUT2D eigenvalue weighted by Crippen LogP contribution is 2.28. The van der Waals surface area contributed by atoms with Crippen molar-refractivity contribution in [3.63, 3.8) is 0 Å². The molecule has 3 heterocycles. The van der Waals surface area contributed by atoms with E-state index in [0.717, 1.165) is 42.6 Å². The molecule has 2 aliphatic heterocycles. The van der Waals surface area contributed by atoms with E-state index in [1.54, 1.807) is 13.8 Å². The van der Waals surface area contributed by atoms with Crippen LogP contribution in [0.15, 0.2) is 35.5 Å². The molecule has 2 fully saturated rings. The van der Waals surface area contributed by atoms with Crippen molar-refractivity contribution in [1.82, 2.24) is 30.5 Å². The molecule has 2 N–H and O–H groups in total. The van der Waals surface area contributed by atoms with E-state index >= 15 is 0 Å². The van der Waals surface area contributed by atoms with Gasteiger partial charge in [-0.15, -0.1) is 10.2 Å². The van der Waals surface area contributed by atoms with Crippen LogP contribution in [0.3, 0.4) is 0 Å². The first-order valence-electron chi connectivity index (χ1n) is 10.8. The molecule has 10 nitrogen and oxygen atoms in total. The maximum Gasteiger partial charge on any atom is 0.344 e. The Morgan fingerprint density at radius 3 is 2.53 bits per heavy atom. The van der Waals surface area contributed by atoms with Gasteiger partial charge in [0.05, 0.1) is 11.4 Å². The molecule has 1 aromatic carbocycles. The highest BCUT2D eigenvalue weighted by atomic mass is 32.2. The second kappa shape index (κ2) is 9.19. The fraction of sp³-hybridized carbons (Fsp3) is 0.476. The number of anilines is 1. The first-order chi connectivity index (χ1) is 15.4. The third-order valence-electron chi connectivity index (χ3n) is 5.81. The van der Waals surface area contributed by atoms with Crippen LogP contribution in [0.25, 0.3) is 5.69 Å². The van der Waals surface area contributed by atoms with Crippen LogP contribution in [0.1, 0.15) is 39.5 Å². The molecule has 170 valence electrons. The minimum absolute atomic E-state index is 0.0230. The number of urea groups is 1. The summed E-state index contributed by atoms with van der Waals surface area (Å²) >= 11 is 1.21. The first-order valence-corrected chi connectivity index (χ1v) is 11.8. The number of aromatic nitrogens is 3. The second-order valence-electron chi connectivity index (χ2n) is 8.08. The van der Waals surface area contributed by atoms with E-state index in [1.165, 1.54) is 18.2 Å². The van der Waals surface area contributed by atoms with Crippen molar-refractivity contribution in [3.8, 4) is 5.69 Å². The third kappa shape index (κ3) is 4.29. The maximum absolute atomic E-state index is 12.5. The predicted octanol–water partition coefficient (Wildman–Crippen LogP) is 2.10. The number of carbonyl (C=O) groups excluding carboxylic acids is 3. The first kappa shape index (κ1) is 22.1. The molecular formula is C21H27N7O3S. The number of nitrogens with one attached hydrogen (secondary N) is 2. The number of amides is 4. The standard InChI is InChI=1S/C21H27N7O3S/c1-3-21(2)17(30)28(19(31)22-21)25-16(29)14-32-20-24-23-18(26-12-8-5-9-13-26)27(20)15-10-6-4-7-11-15/h4,6-7,10-11H,3,5,8-9,12-14H2,1-2H3,(H,22,31)(H,25,29). The number of carbonyl (C=O) groups is 3. The van der Waals surface area contributed by atoms with Crippen LogP contribution >= 0.6 is 11.8 Å². The average Bonchev–Trinajstić information content (AvgIpc) is 3.34. The quantitative estimate of drug-likeness (QED) is 0.484. The summed E-state index contributed by atoms with van der Waals surface area (Å²) in [5.74, 6) is -0.207. The number of thioether (sulfide) groups is 1. The van der Waals surface area contributed by atoms with Crippen molar-refractivity contribution in [2.45, 2.75) is 50.2 Å². The molecule has 1 atom stereocenters. The van der Waals surface area contributed by atoms with E-state index in [-0.39, 0.29) is 5.75 Å². The van der Waals surface area contributed by atoms with Gasteiger partial charge in [-0.1, -0.05) is 36.9 Å². The van der Waals surface area contributed by atoms with Crippen molar-refractivity contribution in [1.29, 1.82) is 0 Å². The lowest BCUT2D eigenvalue weighted by atomic mass is 10.00. The van der Waals surface area contributed by atoms with Gasteiger partial charge >= 0.3 is 6.03 Å². The number of hydrogen-bond donors (Lipinski definition) is 2. The fourth-order valence-corrected chi connectivity index (χ4v) is 4.51. The molecule has 0 aliphatic carbocycles. The summed E-state index contributed by atoms with van der Waals surface area (Å²) in [5, 5.41) is 12.7. The molecule has 1 unspecified atom stereocenters. The zero-order valence-electron chi connectivity index (χ0n) is 18.2. The SMILES string of the molecule is CCC1(C)NC(=O)N(NC(=O)CSc2nnc(N3CCCCC3)n2-c2ccccc2)C1=O. The number of nitrogens with zero attached hydrogens (tertiary/aromatic N) is 5. The Morgan fingerprint density at radius 1 is 1.16 bits per heavy atom. The number of hydrogen-bond acceptors (Lipinski definition) is 7. The lowest BCUT2D eigenvalue weighted by Crippen LogP contribution is -2.49. The van der Waals surface area contributed by atoms with Crippen LogP contribution in [0.5, 0.6) is 0 Å². The molecule has 2 aromatic rings. The van der Waals surface area contributed by atoms with Gasteiger partial charge in [0.2, 0.25) is 11.9 Å². The van der Waals surface area contributed by atoms with Crippen molar-refractivity contribution < 1.29 is 14.4 Å². The minimum atomic E-state index is -1.01. The van der Waals surface area contributed by atoms with Crippen molar-refractivity contribution in [3.05, 3.63) is 30.3 Å². The molecule has 32 heavy (non-hydrogen) atoms. The number of rotatable bonds is 7. The van der Waals surface area contributed by atoms with Gasteiger partial charge in [0.25, 0.3) is 5.91 Å². The van der Waals surface area contributed by atoms with Crippen LogP contribution in [0.2, 0.25) is 0 Å². The summed E-state index contributed by atoms with van der Waals surface area (Å²) in [6, 6.07) is 9.14. The molecule has 2 saturated heterocycles. The maximum atomic E-state index is 12.5. The topological polar surface area (TPSA) is 112 Å². The molecule has 4 amide bonds. The van der Waals surface area contributed by atoms with Crippen LogP contribution in [-0.2, 0) is 9.59 Å². The van der Waals surface area contributed by atoms with E-state index in [9.17, 15) is 14.4 Å². The summed E-state index contributed by atoms with van der Waals surface area (Å²) < 4.78 is 1.95. The Morgan fingerprint density at radius 2 is 1.88 bits per heavy atom. The molecular weight excluding hydrogens is 430 g/mol. The summed E-state index contributed by atoms with van der Waals surface area (Å²) in [7, 11) is 0. The summed E-state index contributed by atoms with van der Waals surface area (Å²) in [6.45, 7) is 5.27. The van der Waals surface area contributed by atoms with Gasteiger partial charge in [0.1, 0.15) is 5.54 Å². The zero-order chi connectivity index (χ0) is 22.7. The average molecular weight is 458 g/mol. The van der Waals surface area contributed by atoms with Crippen molar-refractivity contribution in [2.24, 2.45) is 0 Å². The molecule has 11 heteroatoms. The zero-order valence-corrected chi connectivity index (χ0v) is 19.0. The number of imide groups is 1. The highest BCUT2D eigenvalue weighted by Gasteiger charge is 2.47. The van der Waals surface area contributed by atoms with Gasteiger partial charge in [-0.25, -0.2) is 4.79 Å². The molecule has 1 aromatic heterocycles. The molecule has 2 aliphatic rings. The highest BCUT2D eigenvalue weighted by molar-refractivity contribution is 7.99. The van der Waals surface area contributed by atoms with Crippen LogP contribution < -0.4 is 15.6 Å². The Kier molecular flexibility index (Phi) is 6.35. The fourth-order valence-electron chi connectivity index (χ4n) is 3.77. The molecule has 0 saturated carbocycles. The lowest BCUT2D eigenvalue weighted by molar-refractivity contribution is -0.137. The third-order valence-corrected chi connectivity index (χ3v) is 6.74. The molecule has 0 radical (unpaired) electrons. The van der Waals surface area contributed by atoms with E-state index in [1.807, 2.05) is 34.9 Å². The largest absolute Gasteiger partial charge is 0.344 e. The summed E-state index contributed by atoms with van der Waals surface area (Å²) in [5.41, 5.74) is 2.32. The van der Waals surface area contributed by atoms with E-state index in [2.05, 4.69) is 25.8 Å². The van der Waals surface area contributed by atoms with Crippen LogP contribution in [0.4, 0.5) is 10.7 Å². The summed E-state index contributed by atoms with van der Waals surface area (Å²) in [4.78, 5) is 39.4.